The van der Waals surface area contributed by atoms with E-state index in [4.69, 9.17) is 5.26 Å². The molecule has 0 radical (unpaired) electrons. The molecule has 0 aliphatic rings. The summed E-state index contributed by atoms with van der Waals surface area (Å²) in [4.78, 5) is 0. The Balaban J connectivity index is 2.17. The molecule has 0 saturated heterocycles. The standard InChI is InChI=1S/C13H18N2/c1-12(15-11-5-10-14)8-9-13-6-3-2-4-7-13/h2-4,6-7,12,15H,5,8-9,11H2,1H3/t12-/m0/s1. The van der Waals surface area contributed by atoms with Gasteiger partial charge in [-0.25, -0.2) is 0 Å². The van der Waals surface area contributed by atoms with Crippen molar-refractivity contribution in [1.29, 1.82) is 5.26 Å². The van der Waals surface area contributed by atoms with E-state index in [1.807, 2.05) is 6.07 Å². The number of hydrogen-bond donors (Lipinski definition) is 1. The lowest BCUT2D eigenvalue weighted by Gasteiger charge is -2.12. The first-order valence-electron chi connectivity index (χ1n) is 5.47. The van der Waals surface area contributed by atoms with Gasteiger partial charge in [-0.2, -0.15) is 5.26 Å². The third kappa shape index (κ3) is 5.19. The fraction of sp³-hybridized carbons (Fsp3) is 0.462. The molecule has 15 heavy (non-hydrogen) atoms. The van der Waals surface area contributed by atoms with Crippen molar-refractivity contribution in [2.24, 2.45) is 0 Å². The highest BCUT2D eigenvalue weighted by Crippen LogP contribution is 2.04. The zero-order valence-electron chi connectivity index (χ0n) is 9.24. The monoisotopic (exact) mass is 202 g/mol. The van der Waals surface area contributed by atoms with Gasteiger partial charge < -0.3 is 5.32 Å². The molecule has 1 aromatic rings. The molecule has 0 aliphatic heterocycles. The van der Waals surface area contributed by atoms with Crippen LogP contribution in [0.25, 0.3) is 0 Å². The Bertz CT molecular complexity index is 300. The van der Waals surface area contributed by atoms with Gasteiger partial charge >= 0.3 is 0 Å². The molecule has 0 unspecified atom stereocenters. The fourth-order valence-electron chi connectivity index (χ4n) is 1.50. The number of rotatable bonds is 6. The molecule has 0 fully saturated rings. The van der Waals surface area contributed by atoms with E-state index in [-0.39, 0.29) is 0 Å². The lowest BCUT2D eigenvalue weighted by Crippen LogP contribution is -2.27. The molecule has 1 atom stereocenters. The number of nitrogens with zero attached hydrogens (tertiary/aromatic N) is 1. The molecule has 1 aromatic carbocycles. The third-order valence-corrected chi connectivity index (χ3v) is 2.44. The quantitative estimate of drug-likeness (QED) is 0.719. The molecule has 0 heterocycles. The van der Waals surface area contributed by atoms with Crippen LogP contribution in [0.3, 0.4) is 0 Å². The van der Waals surface area contributed by atoms with Crippen LogP contribution >= 0.6 is 0 Å². The van der Waals surface area contributed by atoms with E-state index in [9.17, 15) is 0 Å². The lowest BCUT2D eigenvalue weighted by molar-refractivity contribution is 0.521. The topological polar surface area (TPSA) is 35.8 Å². The van der Waals surface area contributed by atoms with Crippen LogP contribution in [0.5, 0.6) is 0 Å². The first-order chi connectivity index (χ1) is 7.33. The summed E-state index contributed by atoms with van der Waals surface area (Å²) < 4.78 is 0. The Morgan fingerprint density at radius 3 is 2.73 bits per heavy atom. The van der Waals surface area contributed by atoms with E-state index in [0.29, 0.717) is 12.5 Å². The van der Waals surface area contributed by atoms with Crippen LogP contribution in [0.2, 0.25) is 0 Å². The highest BCUT2D eigenvalue weighted by molar-refractivity contribution is 5.14. The highest BCUT2D eigenvalue weighted by atomic mass is 14.9. The van der Waals surface area contributed by atoms with Gasteiger partial charge in [-0.1, -0.05) is 30.3 Å². The van der Waals surface area contributed by atoms with Crippen molar-refractivity contribution in [1.82, 2.24) is 5.32 Å². The Hall–Kier alpha value is -1.33. The van der Waals surface area contributed by atoms with Crippen molar-refractivity contribution in [3.8, 4) is 6.07 Å². The van der Waals surface area contributed by atoms with E-state index in [1.165, 1.54) is 5.56 Å². The molecule has 80 valence electrons. The van der Waals surface area contributed by atoms with Crippen molar-refractivity contribution >= 4 is 0 Å². The van der Waals surface area contributed by atoms with Gasteiger partial charge in [0.2, 0.25) is 0 Å². The molecule has 2 nitrogen and oxygen atoms in total. The van der Waals surface area contributed by atoms with E-state index in [0.717, 1.165) is 19.4 Å². The summed E-state index contributed by atoms with van der Waals surface area (Å²) >= 11 is 0. The molecule has 0 saturated carbocycles. The number of nitrogens with one attached hydrogen (secondary N) is 1. The Labute approximate surface area is 91.9 Å². The Morgan fingerprint density at radius 1 is 1.33 bits per heavy atom. The lowest BCUT2D eigenvalue weighted by atomic mass is 10.1. The molecule has 0 spiro atoms. The van der Waals surface area contributed by atoms with E-state index < -0.39 is 0 Å². The maximum Gasteiger partial charge on any atom is 0.0635 e. The summed E-state index contributed by atoms with van der Waals surface area (Å²) in [5, 5.41) is 11.7. The van der Waals surface area contributed by atoms with Gasteiger partial charge in [-0.3, -0.25) is 0 Å². The molecule has 0 aliphatic carbocycles. The van der Waals surface area contributed by atoms with Crippen molar-refractivity contribution in [3.05, 3.63) is 35.9 Å². The molecule has 0 amide bonds. The van der Waals surface area contributed by atoms with E-state index in [1.54, 1.807) is 0 Å². The van der Waals surface area contributed by atoms with Gasteiger partial charge in [0.15, 0.2) is 0 Å². The van der Waals surface area contributed by atoms with Gasteiger partial charge in [0, 0.05) is 19.0 Å². The number of aryl methyl sites for hydroxylation is 1. The smallest absolute Gasteiger partial charge is 0.0635 e. The molecule has 0 aromatic heterocycles. The minimum absolute atomic E-state index is 0.485. The molecule has 0 bridgehead atoms. The first kappa shape index (κ1) is 11.7. The second-order valence-electron chi connectivity index (χ2n) is 3.79. The second kappa shape index (κ2) is 7.03. The van der Waals surface area contributed by atoms with Gasteiger partial charge in [-0.15, -0.1) is 0 Å². The Kier molecular flexibility index (Phi) is 5.50. The summed E-state index contributed by atoms with van der Waals surface area (Å²) in [6.45, 7) is 2.97. The molecular weight excluding hydrogens is 184 g/mol. The maximum absolute atomic E-state index is 8.40. The van der Waals surface area contributed by atoms with Crippen LogP contribution in [-0.4, -0.2) is 12.6 Å². The van der Waals surface area contributed by atoms with Crippen LogP contribution in [0.1, 0.15) is 25.3 Å². The summed E-state index contributed by atoms with van der Waals surface area (Å²) in [5.41, 5.74) is 1.38. The van der Waals surface area contributed by atoms with Crippen LogP contribution in [0, 0.1) is 11.3 Å². The Morgan fingerprint density at radius 2 is 2.07 bits per heavy atom. The van der Waals surface area contributed by atoms with Gasteiger partial charge in [0.25, 0.3) is 0 Å². The molecule has 1 N–H and O–H groups in total. The predicted molar refractivity (Wildman–Crippen MR) is 62.5 cm³/mol. The maximum atomic E-state index is 8.40. The highest BCUT2D eigenvalue weighted by Gasteiger charge is 2.00. The molecule has 1 rings (SSSR count). The minimum Gasteiger partial charge on any atom is -0.313 e. The van der Waals surface area contributed by atoms with E-state index in [2.05, 4.69) is 42.6 Å². The molecular formula is C13H18N2. The van der Waals surface area contributed by atoms with Crippen molar-refractivity contribution < 1.29 is 0 Å². The van der Waals surface area contributed by atoms with Crippen molar-refractivity contribution in [3.63, 3.8) is 0 Å². The largest absolute Gasteiger partial charge is 0.313 e. The van der Waals surface area contributed by atoms with Crippen LogP contribution < -0.4 is 5.32 Å². The molecule has 2 heteroatoms. The van der Waals surface area contributed by atoms with Gasteiger partial charge in [-0.05, 0) is 25.3 Å². The van der Waals surface area contributed by atoms with Crippen LogP contribution in [0.4, 0.5) is 0 Å². The minimum atomic E-state index is 0.485. The first-order valence-corrected chi connectivity index (χ1v) is 5.47. The normalized spacial score (nSPS) is 12.0. The van der Waals surface area contributed by atoms with E-state index >= 15 is 0 Å². The second-order valence-corrected chi connectivity index (χ2v) is 3.79. The predicted octanol–water partition coefficient (Wildman–Crippen LogP) is 2.51. The van der Waals surface area contributed by atoms with Gasteiger partial charge in [0.1, 0.15) is 0 Å². The van der Waals surface area contributed by atoms with Crippen molar-refractivity contribution in [2.45, 2.75) is 32.2 Å². The number of benzene rings is 1. The zero-order valence-corrected chi connectivity index (χ0v) is 9.24. The van der Waals surface area contributed by atoms with Crippen LogP contribution in [0.15, 0.2) is 30.3 Å². The number of nitriles is 1. The average Bonchev–Trinajstić information content (AvgIpc) is 2.28. The summed E-state index contributed by atoms with van der Waals surface area (Å²) in [5.74, 6) is 0. The van der Waals surface area contributed by atoms with Crippen molar-refractivity contribution in [2.75, 3.05) is 6.54 Å². The zero-order chi connectivity index (χ0) is 10.9. The fourth-order valence-corrected chi connectivity index (χ4v) is 1.50. The number of hydrogen-bond acceptors (Lipinski definition) is 2. The average molecular weight is 202 g/mol. The summed E-state index contributed by atoms with van der Waals surface area (Å²) in [6, 6.07) is 13.1. The third-order valence-electron chi connectivity index (χ3n) is 2.44. The van der Waals surface area contributed by atoms with Gasteiger partial charge in [0.05, 0.1) is 6.07 Å². The summed E-state index contributed by atoms with van der Waals surface area (Å²) in [7, 11) is 0. The summed E-state index contributed by atoms with van der Waals surface area (Å²) in [6.07, 6.45) is 2.81. The SMILES string of the molecule is C[C@@H](CCc1ccccc1)NCCC#N. The van der Waals surface area contributed by atoms with Crippen LogP contribution in [-0.2, 0) is 6.42 Å².